The number of aromatic amines is 1. The second kappa shape index (κ2) is 10.5. The molecule has 0 radical (unpaired) electrons. The monoisotopic (exact) mass is 518 g/mol. The summed E-state index contributed by atoms with van der Waals surface area (Å²) >= 11 is 0. The lowest BCUT2D eigenvalue weighted by Gasteiger charge is -2.09. The van der Waals surface area contributed by atoms with Crippen molar-refractivity contribution in [1.82, 2.24) is 30.4 Å². The lowest BCUT2D eigenvalue weighted by molar-refractivity contribution is -0.137. The molecule has 0 bridgehead atoms. The standard InChI is InChI=1S/C28H25F3N6O/c1-37-25(10-11-34-37)27(38)33-13-12-32-17-18-4-2-5-19(14-18)20-6-3-7-21(15-20)26-35-23-9-8-22(28(29,30)31)16-24(23)36-26/h2-11,14-16,32H,12-13,17H2,1H3,(H,33,38)(H,35,36). The van der Waals surface area contributed by atoms with Crippen molar-refractivity contribution >= 4 is 16.9 Å². The van der Waals surface area contributed by atoms with E-state index < -0.39 is 11.7 Å². The maximum Gasteiger partial charge on any atom is 0.416 e. The zero-order chi connectivity index (χ0) is 26.7. The first-order valence-electron chi connectivity index (χ1n) is 12.0. The highest BCUT2D eigenvalue weighted by molar-refractivity contribution is 5.92. The van der Waals surface area contributed by atoms with E-state index in [9.17, 15) is 18.0 Å². The number of imidazole rings is 1. The van der Waals surface area contributed by atoms with Crippen molar-refractivity contribution in [3.8, 4) is 22.5 Å². The Morgan fingerprint density at radius 2 is 1.71 bits per heavy atom. The number of nitrogens with one attached hydrogen (secondary N) is 3. The first kappa shape index (κ1) is 25.2. The molecular weight excluding hydrogens is 493 g/mol. The summed E-state index contributed by atoms with van der Waals surface area (Å²) in [5.41, 5.74) is 4.43. The summed E-state index contributed by atoms with van der Waals surface area (Å²) in [7, 11) is 1.72. The van der Waals surface area contributed by atoms with Gasteiger partial charge < -0.3 is 15.6 Å². The molecule has 194 valence electrons. The molecule has 0 unspecified atom stereocenters. The van der Waals surface area contributed by atoms with Crippen molar-refractivity contribution in [2.24, 2.45) is 7.05 Å². The van der Waals surface area contributed by atoms with Crippen molar-refractivity contribution in [2.45, 2.75) is 12.7 Å². The number of fused-ring (bicyclic) bond motifs is 1. The molecular formula is C28H25F3N6O. The summed E-state index contributed by atoms with van der Waals surface area (Å²) in [6.07, 6.45) is -2.83. The SMILES string of the molecule is Cn1nccc1C(=O)NCCNCc1cccc(-c2cccc(-c3nc4ccc(C(F)(F)F)cc4[nH]3)c2)c1. The number of amides is 1. The minimum Gasteiger partial charge on any atom is -0.349 e. The Labute approximate surface area is 216 Å². The zero-order valence-electron chi connectivity index (χ0n) is 20.5. The third kappa shape index (κ3) is 5.60. The molecule has 3 N–H and O–H groups in total. The van der Waals surface area contributed by atoms with Gasteiger partial charge in [-0.1, -0.05) is 36.4 Å². The molecule has 0 aliphatic heterocycles. The van der Waals surface area contributed by atoms with Gasteiger partial charge in [0.25, 0.3) is 5.91 Å². The molecule has 3 aromatic carbocycles. The number of hydrogen-bond donors (Lipinski definition) is 3. The minimum atomic E-state index is -4.41. The number of H-pyrrole nitrogens is 1. The van der Waals surface area contributed by atoms with Crippen LogP contribution in [0, 0.1) is 0 Å². The number of aryl methyl sites for hydroxylation is 1. The third-order valence-electron chi connectivity index (χ3n) is 6.18. The maximum atomic E-state index is 13.1. The van der Waals surface area contributed by atoms with E-state index in [0.717, 1.165) is 34.4 Å². The number of aromatic nitrogens is 4. The van der Waals surface area contributed by atoms with Crippen molar-refractivity contribution < 1.29 is 18.0 Å². The molecule has 5 aromatic rings. The molecule has 38 heavy (non-hydrogen) atoms. The van der Waals surface area contributed by atoms with Gasteiger partial charge in [0, 0.05) is 38.4 Å². The van der Waals surface area contributed by atoms with Gasteiger partial charge in [0.1, 0.15) is 11.5 Å². The Kier molecular flexibility index (Phi) is 6.97. The molecule has 0 spiro atoms. The van der Waals surface area contributed by atoms with E-state index in [1.54, 1.807) is 19.3 Å². The van der Waals surface area contributed by atoms with Crippen LogP contribution in [-0.2, 0) is 19.8 Å². The average molecular weight is 519 g/mol. The third-order valence-corrected chi connectivity index (χ3v) is 6.18. The summed E-state index contributed by atoms with van der Waals surface area (Å²) < 4.78 is 40.8. The van der Waals surface area contributed by atoms with Gasteiger partial charge in [0.05, 0.1) is 16.6 Å². The first-order chi connectivity index (χ1) is 18.3. The van der Waals surface area contributed by atoms with Gasteiger partial charge in [0.2, 0.25) is 0 Å². The number of rotatable bonds is 8. The van der Waals surface area contributed by atoms with Crippen LogP contribution < -0.4 is 10.6 Å². The van der Waals surface area contributed by atoms with Crippen molar-refractivity contribution in [2.75, 3.05) is 13.1 Å². The molecule has 2 aromatic heterocycles. The molecule has 0 saturated carbocycles. The van der Waals surface area contributed by atoms with Gasteiger partial charge in [0.15, 0.2) is 0 Å². The van der Waals surface area contributed by atoms with E-state index in [2.05, 4.69) is 31.8 Å². The highest BCUT2D eigenvalue weighted by Gasteiger charge is 2.30. The average Bonchev–Trinajstić information content (AvgIpc) is 3.54. The van der Waals surface area contributed by atoms with E-state index in [0.29, 0.717) is 42.2 Å². The molecule has 7 nitrogen and oxygen atoms in total. The van der Waals surface area contributed by atoms with Gasteiger partial charge in [-0.2, -0.15) is 18.3 Å². The van der Waals surface area contributed by atoms with Crippen molar-refractivity contribution in [1.29, 1.82) is 0 Å². The summed E-state index contributed by atoms with van der Waals surface area (Å²) in [6.45, 7) is 1.71. The molecule has 5 rings (SSSR count). The molecule has 0 aliphatic carbocycles. The smallest absolute Gasteiger partial charge is 0.349 e. The predicted molar refractivity (Wildman–Crippen MR) is 139 cm³/mol. The molecule has 0 saturated heterocycles. The second-order valence-corrected chi connectivity index (χ2v) is 8.87. The van der Waals surface area contributed by atoms with Gasteiger partial charge >= 0.3 is 6.18 Å². The predicted octanol–water partition coefficient (Wildman–Crippen LogP) is 5.17. The van der Waals surface area contributed by atoms with Crippen LogP contribution in [0.4, 0.5) is 13.2 Å². The fourth-order valence-corrected chi connectivity index (χ4v) is 4.21. The topological polar surface area (TPSA) is 87.6 Å². The maximum absolute atomic E-state index is 13.1. The minimum absolute atomic E-state index is 0.168. The van der Waals surface area contributed by atoms with Crippen LogP contribution in [0.3, 0.4) is 0 Å². The molecule has 2 heterocycles. The Hall–Kier alpha value is -4.44. The molecule has 0 atom stereocenters. The molecule has 0 aliphatic rings. The summed E-state index contributed by atoms with van der Waals surface area (Å²) in [6, 6.07) is 21.0. The highest BCUT2D eigenvalue weighted by atomic mass is 19.4. The van der Waals surface area contributed by atoms with Gasteiger partial charge in [-0.05, 0) is 53.1 Å². The summed E-state index contributed by atoms with van der Waals surface area (Å²) in [5.74, 6) is 0.339. The Balaban J connectivity index is 1.23. The Morgan fingerprint density at radius 1 is 0.947 bits per heavy atom. The highest BCUT2D eigenvalue weighted by Crippen LogP contribution is 2.32. The van der Waals surface area contributed by atoms with Crippen molar-refractivity contribution in [3.05, 3.63) is 95.8 Å². The zero-order valence-corrected chi connectivity index (χ0v) is 20.5. The Bertz CT molecular complexity index is 1590. The summed E-state index contributed by atoms with van der Waals surface area (Å²) in [4.78, 5) is 19.6. The van der Waals surface area contributed by atoms with E-state index in [1.165, 1.54) is 10.7 Å². The molecule has 0 fully saturated rings. The van der Waals surface area contributed by atoms with Crippen LogP contribution in [-0.4, -0.2) is 38.7 Å². The van der Waals surface area contributed by atoms with Gasteiger partial charge in [-0.15, -0.1) is 0 Å². The lowest BCUT2D eigenvalue weighted by Crippen LogP contribution is -2.32. The van der Waals surface area contributed by atoms with Crippen LogP contribution in [0.5, 0.6) is 0 Å². The van der Waals surface area contributed by atoms with Crippen LogP contribution >= 0.6 is 0 Å². The number of benzene rings is 3. The number of hydrogen-bond acceptors (Lipinski definition) is 4. The van der Waals surface area contributed by atoms with Crippen molar-refractivity contribution in [3.63, 3.8) is 0 Å². The number of nitrogens with zero attached hydrogens (tertiary/aromatic N) is 3. The van der Waals surface area contributed by atoms with E-state index in [-0.39, 0.29) is 5.91 Å². The van der Waals surface area contributed by atoms with E-state index in [4.69, 9.17) is 0 Å². The van der Waals surface area contributed by atoms with E-state index in [1.807, 2.05) is 42.5 Å². The molecule has 10 heteroatoms. The largest absolute Gasteiger partial charge is 0.416 e. The van der Waals surface area contributed by atoms with E-state index >= 15 is 0 Å². The van der Waals surface area contributed by atoms with Crippen LogP contribution in [0.2, 0.25) is 0 Å². The lowest BCUT2D eigenvalue weighted by atomic mass is 10.0. The van der Waals surface area contributed by atoms with Crippen LogP contribution in [0.25, 0.3) is 33.5 Å². The summed E-state index contributed by atoms with van der Waals surface area (Å²) in [5, 5.41) is 10.2. The van der Waals surface area contributed by atoms with Gasteiger partial charge in [-0.3, -0.25) is 9.48 Å². The van der Waals surface area contributed by atoms with Gasteiger partial charge in [-0.25, -0.2) is 4.98 Å². The normalized spacial score (nSPS) is 11.7. The quantitative estimate of drug-likeness (QED) is 0.248. The number of alkyl halides is 3. The number of carbonyl (C=O) groups is 1. The molecule has 1 amide bonds. The Morgan fingerprint density at radius 3 is 2.47 bits per heavy atom. The number of halogens is 3. The second-order valence-electron chi connectivity index (χ2n) is 8.87. The number of carbonyl (C=O) groups excluding carboxylic acids is 1. The first-order valence-corrected chi connectivity index (χ1v) is 12.0. The van der Waals surface area contributed by atoms with Crippen LogP contribution in [0.1, 0.15) is 21.6 Å². The van der Waals surface area contributed by atoms with Crippen LogP contribution in [0.15, 0.2) is 79.0 Å². The fraction of sp³-hybridized carbons (Fsp3) is 0.179. The fourth-order valence-electron chi connectivity index (χ4n) is 4.21.